The van der Waals surface area contributed by atoms with Gasteiger partial charge in [0.15, 0.2) is 4.96 Å². The molecule has 2 N–H and O–H groups in total. The van der Waals surface area contributed by atoms with Gasteiger partial charge in [-0.3, -0.25) is 14.1 Å². The van der Waals surface area contributed by atoms with E-state index in [2.05, 4.69) is 16.8 Å². The maximum absolute atomic E-state index is 11.8. The molecule has 1 aliphatic rings. The van der Waals surface area contributed by atoms with Gasteiger partial charge in [0.25, 0.3) is 5.56 Å². The Morgan fingerprint density at radius 2 is 2.39 bits per heavy atom. The standard InChI is InChI=1S/C12H16N4OS/c1-8-5-15(7-10(8)13)6-9-4-11(17)16-2-3-18-12(16)14-9/h2-4,8,10H,5-7,13H2,1H3. The van der Waals surface area contributed by atoms with E-state index in [1.54, 1.807) is 16.7 Å². The van der Waals surface area contributed by atoms with Crippen LogP contribution < -0.4 is 11.3 Å². The highest BCUT2D eigenvalue weighted by Gasteiger charge is 2.26. The summed E-state index contributed by atoms with van der Waals surface area (Å²) in [4.78, 5) is 19.4. The van der Waals surface area contributed by atoms with Gasteiger partial charge in [-0.05, 0) is 5.92 Å². The quantitative estimate of drug-likeness (QED) is 0.859. The highest BCUT2D eigenvalue weighted by Crippen LogP contribution is 2.16. The van der Waals surface area contributed by atoms with Gasteiger partial charge in [-0.25, -0.2) is 4.98 Å². The van der Waals surface area contributed by atoms with Crippen LogP contribution in [0, 0.1) is 5.92 Å². The molecule has 0 aliphatic carbocycles. The number of thiazole rings is 1. The highest BCUT2D eigenvalue weighted by molar-refractivity contribution is 7.15. The van der Waals surface area contributed by atoms with Crippen LogP contribution in [0.4, 0.5) is 0 Å². The first kappa shape index (κ1) is 11.8. The number of nitrogens with two attached hydrogens (primary N) is 1. The Balaban J connectivity index is 1.85. The monoisotopic (exact) mass is 264 g/mol. The lowest BCUT2D eigenvalue weighted by Crippen LogP contribution is -2.28. The molecule has 0 amide bonds. The van der Waals surface area contributed by atoms with Gasteiger partial charge < -0.3 is 5.73 Å². The number of hydrogen-bond donors (Lipinski definition) is 1. The van der Waals surface area contributed by atoms with Crippen molar-refractivity contribution in [2.24, 2.45) is 11.7 Å². The number of nitrogens with zero attached hydrogens (tertiary/aromatic N) is 3. The number of rotatable bonds is 2. The fourth-order valence-electron chi connectivity index (χ4n) is 2.42. The van der Waals surface area contributed by atoms with Gasteiger partial charge in [-0.1, -0.05) is 6.92 Å². The van der Waals surface area contributed by atoms with E-state index in [9.17, 15) is 4.79 Å². The van der Waals surface area contributed by atoms with Crippen LogP contribution in [0.3, 0.4) is 0 Å². The van der Waals surface area contributed by atoms with E-state index in [1.807, 2.05) is 5.38 Å². The van der Waals surface area contributed by atoms with E-state index < -0.39 is 0 Å². The van der Waals surface area contributed by atoms with Crippen LogP contribution in [0.25, 0.3) is 4.96 Å². The summed E-state index contributed by atoms with van der Waals surface area (Å²) in [6, 6.07) is 1.85. The average molecular weight is 264 g/mol. The summed E-state index contributed by atoms with van der Waals surface area (Å²) in [5, 5.41) is 1.88. The Hall–Kier alpha value is -1.24. The molecule has 3 heterocycles. The Kier molecular flexibility index (Phi) is 2.93. The molecule has 6 heteroatoms. The molecular weight excluding hydrogens is 248 g/mol. The number of aromatic nitrogens is 2. The highest BCUT2D eigenvalue weighted by atomic mass is 32.1. The third kappa shape index (κ3) is 2.07. The van der Waals surface area contributed by atoms with E-state index in [0.717, 1.165) is 23.7 Å². The van der Waals surface area contributed by atoms with E-state index in [4.69, 9.17) is 5.73 Å². The van der Waals surface area contributed by atoms with Gasteiger partial charge in [0.2, 0.25) is 0 Å². The smallest absolute Gasteiger partial charge is 0.258 e. The van der Waals surface area contributed by atoms with Crippen LogP contribution in [0.1, 0.15) is 12.6 Å². The van der Waals surface area contributed by atoms with Gasteiger partial charge in [-0.15, -0.1) is 11.3 Å². The zero-order chi connectivity index (χ0) is 12.7. The SMILES string of the molecule is CC1CN(Cc2cc(=O)n3ccsc3n2)CC1N. The summed E-state index contributed by atoms with van der Waals surface area (Å²) in [5.41, 5.74) is 6.83. The second-order valence-corrected chi connectivity index (χ2v) is 5.85. The van der Waals surface area contributed by atoms with Crippen molar-refractivity contribution < 1.29 is 0 Å². The summed E-state index contributed by atoms with van der Waals surface area (Å²) in [5.74, 6) is 0.511. The zero-order valence-corrected chi connectivity index (χ0v) is 11.1. The van der Waals surface area contributed by atoms with Gasteiger partial charge in [0.05, 0.1) is 5.69 Å². The molecule has 2 unspecified atom stereocenters. The van der Waals surface area contributed by atoms with E-state index in [-0.39, 0.29) is 11.6 Å². The van der Waals surface area contributed by atoms with Crippen molar-refractivity contribution in [1.82, 2.24) is 14.3 Å². The van der Waals surface area contributed by atoms with Crippen molar-refractivity contribution in [3.8, 4) is 0 Å². The van der Waals surface area contributed by atoms with Crippen LogP contribution in [-0.2, 0) is 6.54 Å². The molecule has 5 nitrogen and oxygen atoms in total. The Labute approximate surface area is 109 Å². The molecular formula is C12H16N4OS. The summed E-state index contributed by atoms with van der Waals surface area (Å²) in [6.45, 7) is 4.73. The second kappa shape index (κ2) is 4.46. The molecule has 2 aromatic heterocycles. The van der Waals surface area contributed by atoms with Crippen LogP contribution in [0.2, 0.25) is 0 Å². The Bertz CT molecular complexity index is 610. The molecule has 1 saturated heterocycles. The maximum Gasteiger partial charge on any atom is 0.258 e. The third-order valence-corrected chi connectivity index (χ3v) is 4.24. The van der Waals surface area contributed by atoms with E-state index >= 15 is 0 Å². The van der Waals surface area contributed by atoms with Crippen LogP contribution in [0.5, 0.6) is 0 Å². The minimum atomic E-state index is -0.00667. The third-order valence-electron chi connectivity index (χ3n) is 3.49. The van der Waals surface area contributed by atoms with Crippen LogP contribution in [0.15, 0.2) is 22.4 Å². The van der Waals surface area contributed by atoms with Crippen molar-refractivity contribution >= 4 is 16.3 Å². The molecule has 1 aliphatic heterocycles. The molecule has 0 bridgehead atoms. The molecule has 3 rings (SSSR count). The lowest BCUT2D eigenvalue weighted by Gasteiger charge is -2.14. The molecule has 0 aromatic carbocycles. The number of likely N-dealkylation sites (tertiary alicyclic amines) is 1. The van der Waals surface area contributed by atoms with Gasteiger partial charge in [0.1, 0.15) is 0 Å². The first-order valence-electron chi connectivity index (χ1n) is 6.07. The molecule has 1 fully saturated rings. The number of fused-ring (bicyclic) bond motifs is 1. The molecule has 18 heavy (non-hydrogen) atoms. The molecule has 96 valence electrons. The minimum Gasteiger partial charge on any atom is -0.326 e. The fraction of sp³-hybridized carbons (Fsp3) is 0.500. The second-order valence-electron chi connectivity index (χ2n) is 4.98. The predicted octanol–water partition coefficient (Wildman–Crippen LogP) is 0.535. The lowest BCUT2D eigenvalue weighted by molar-refractivity contribution is 0.315. The van der Waals surface area contributed by atoms with E-state index in [0.29, 0.717) is 12.5 Å². The van der Waals surface area contributed by atoms with Crippen LogP contribution in [-0.4, -0.2) is 33.4 Å². The van der Waals surface area contributed by atoms with Crippen molar-refractivity contribution in [3.05, 3.63) is 33.7 Å². The lowest BCUT2D eigenvalue weighted by atomic mass is 10.1. The van der Waals surface area contributed by atoms with Crippen molar-refractivity contribution in [1.29, 1.82) is 0 Å². The zero-order valence-electron chi connectivity index (χ0n) is 10.2. The molecule has 2 atom stereocenters. The summed E-state index contributed by atoms with van der Waals surface area (Å²) >= 11 is 1.48. The molecule has 2 aromatic rings. The maximum atomic E-state index is 11.8. The normalized spacial score (nSPS) is 25.0. The summed E-state index contributed by atoms with van der Waals surface area (Å²) in [7, 11) is 0. The largest absolute Gasteiger partial charge is 0.326 e. The molecule has 0 radical (unpaired) electrons. The first-order chi connectivity index (χ1) is 8.63. The van der Waals surface area contributed by atoms with Crippen molar-refractivity contribution in [3.63, 3.8) is 0 Å². The van der Waals surface area contributed by atoms with Gasteiger partial charge in [-0.2, -0.15) is 0 Å². The topological polar surface area (TPSA) is 63.6 Å². The molecule has 0 saturated carbocycles. The van der Waals surface area contributed by atoms with Crippen molar-refractivity contribution in [2.75, 3.05) is 13.1 Å². The van der Waals surface area contributed by atoms with Crippen LogP contribution >= 0.6 is 11.3 Å². The average Bonchev–Trinajstić information content (AvgIpc) is 2.87. The Morgan fingerprint density at radius 3 is 3.11 bits per heavy atom. The van der Waals surface area contributed by atoms with Gasteiger partial charge >= 0.3 is 0 Å². The summed E-state index contributed by atoms with van der Waals surface area (Å²) < 4.78 is 1.58. The Morgan fingerprint density at radius 1 is 1.56 bits per heavy atom. The minimum absolute atomic E-state index is 0.00667. The predicted molar refractivity (Wildman–Crippen MR) is 71.8 cm³/mol. The summed E-state index contributed by atoms with van der Waals surface area (Å²) in [6.07, 6.45) is 1.76. The molecule has 0 spiro atoms. The van der Waals surface area contributed by atoms with E-state index in [1.165, 1.54) is 11.3 Å². The van der Waals surface area contributed by atoms with Gasteiger partial charge in [0, 0.05) is 43.3 Å². The number of hydrogen-bond acceptors (Lipinski definition) is 5. The fourth-order valence-corrected chi connectivity index (χ4v) is 3.16. The van der Waals surface area contributed by atoms with Crippen molar-refractivity contribution in [2.45, 2.75) is 19.5 Å². The first-order valence-corrected chi connectivity index (χ1v) is 6.95.